The van der Waals surface area contributed by atoms with Crippen molar-refractivity contribution in [2.24, 2.45) is 0 Å². The van der Waals surface area contributed by atoms with E-state index in [4.69, 9.17) is 4.74 Å². The van der Waals surface area contributed by atoms with Crippen LogP contribution < -0.4 is 4.74 Å². The topological polar surface area (TPSA) is 32.8 Å². The minimum Gasteiger partial charge on any atom is -0.483 e. The lowest BCUT2D eigenvalue weighted by Crippen LogP contribution is -2.58. The van der Waals surface area contributed by atoms with Gasteiger partial charge in [-0.25, -0.2) is 4.39 Å². The molecule has 4 nitrogen and oxygen atoms in total. The average molecular weight is 427 g/mol. The van der Waals surface area contributed by atoms with Crippen molar-refractivity contribution in [2.75, 3.05) is 19.7 Å². The Bertz CT molecular complexity index is 905. The predicted molar refractivity (Wildman–Crippen MR) is 123 cm³/mol. The number of carbonyl (C=O) groups excluding carboxylic acids is 1. The van der Waals surface area contributed by atoms with Crippen LogP contribution in [-0.2, 0) is 16.8 Å². The SMILES string of the molecule is Cc1ccc(C(C)(C)C)c(OCC(=O)N2C[C@@H](C)N(Cc3ccc(F)cc3)C[C@@H]2C)c1. The summed E-state index contributed by atoms with van der Waals surface area (Å²) in [5.41, 5.74) is 3.25. The van der Waals surface area contributed by atoms with Crippen LogP contribution in [0.3, 0.4) is 0 Å². The lowest BCUT2D eigenvalue weighted by Gasteiger charge is -2.44. The molecule has 0 N–H and O–H groups in total. The van der Waals surface area contributed by atoms with Gasteiger partial charge in [-0.3, -0.25) is 9.69 Å². The van der Waals surface area contributed by atoms with Gasteiger partial charge in [0.05, 0.1) is 0 Å². The summed E-state index contributed by atoms with van der Waals surface area (Å²) in [7, 11) is 0. The first kappa shape index (κ1) is 23.3. The molecule has 1 heterocycles. The number of nitrogens with zero attached hydrogens (tertiary/aromatic N) is 2. The summed E-state index contributed by atoms with van der Waals surface area (Å²) in [5, 5.41) is 0. The van der Waals surface area contributed by atoms with E-state index in [1.165, 1.54) is 12.1 Å². The summed E-state index contributed by atoms with van der Waals surface area (Å²) in [4.78, 5) is 17.3. The second-order valence-corrected chi connectivity index (χ2v) is 9.84. The van der Waals surface area contributed by atoms with Gasteiger partial charge in [0.15, 0.2) is 6.61 Å². The average Bonchev–Trinajstić information content (AvgIpc) is 2.69. The summed E-state index contributed by atoms with van der Waals surface area (Å²) in [6.07, 6.45) is 0. The van der Waals surface area contributed by atoms with Crippen molar-refractivity contribution in [3.8, 4) is 5.75 Å². The molecule has 0 bridgehead atoms. The van der Waals surface area contributed by atoms with Crippen molar-refractivity contribution >= 4 is 5.91 Å². The number of carbonyl (C=O) groups is 1. The molecule has 1 amide bonds. The molecule has 2 aromatic rings. The summed E-state index contributed by atoms with van der Waals surface area (Å²) in [6.45, 7) is 14.9. The van der Waals surface area contributed by atoms with E-state index in [1.807, 2.05) is 30.0 Å². The number of rotatable bonds is 5. The molecule has 0 aliphatic carbocycles. The molecule has 0 radical (unpaired) electrons. The van der Waals surface area contributed by atoms with Crippen LogP contribution in [0.2, 0.25) is 0 Å². The van der Waals surface area contributed by atoms with Crippen molar-refractivity contribution in [1.29, 1.82) is 0 Å². The normalized spacial score (nSPS) is 20.0. The fraction of sp³-hybridized carbons (Fsp3) is 0.500. The molecule has 1 aliphatic rings. The highest BCUT2D eigenvalue weighted by Gasteiger charge is 2.32. The third-order valence-electron chi connectivity index (χ3n) is 6.03. The maximum Gasteiger partial charge on any atom is 0.260 e. The summed E-state index contributed by atoms with van der Waals surface area (Å²) < 4.78 is 19.2. The van der Waals surface area contributed by atoms with E-state index in [9.17, 15) is 9.18 Å². The van der Waals surface area contributed by atoms with Gasteiger partial charge in [-0.05, 0) is 61.1 Å². The lowest BCUT2D eigenvalue weighted by atomic mass is 9.86. The third-order valence-corrected chi connectivity index (χ3v) is 6.03. The number of hydrogen-bond donors (Lipinski definition) is 0. The first-order valence-electron chi connectivity index (χ1n) is 11.1. The van der Waals surface area contributed by atoms with Gasteiger partial charge >= 0.3 is 0 Å². The number of hydrogen-bond acceptors (Lipinski definition) is 3. The van der Waals surface area contributed by atoms with Gasteiger partial charge in [-0.2, -0.15) is 0 Å². The van der Waals surface area contributed by atoms with Gasteiger partial charge in [0, 0.05) is 31.7 Å². The molecule has 3 rings (SSSR count). The van der Waals surface area contributed by atoms with Crippen molar-refractivity contribution in [3.63, 3.8) is 0 Å². The van der Waals surface area contributed by atoms with Gasteiger partial charge in [-0.1, -0.05) is 45.0 Å². The van der Waals surface area contributed by atoms with Crippen molar-refractivity contribution in [3.05, 3.63) is 65.0 Å². The Kier molecular flexibility index (Phi) is 7.05. The van der Waals surface area contributed by atoms with E-state index in [-0.39, 0.29) is 35.8 Å². The first-order valence-corrected chi connectivity index (χ1v) is 11.1. The smallest absolute Gasteiger partial charge is 0.260 e. The molecular weight excluding hydrogens is 391 g/mol. The predicted octanol–water partition coefficient (Wildman–Crippen LogP) is 4.93. The monoisotopic (exact) mass is 426 g/mol. The molecule has 0 unspecified atom stereocenters. The number of ether oxygens (including phenoxy) is 1. The van der Waals surface area contributed by atoms with Crippen molar-refractivity contribution in [1.82, 2.24) is 9.80 Å². The minimum atomic E-state index is -0.219. The maximum absolute atomic E-state index is 13.2. The second kappa shape index (κ2) is 9.39. The van der Waals surface area contributed by atoms with Crippen LogP contribution >= 0.6 is 0 Å². The Morgan fingerprint density at radius 2 is 1.74 bits per heavy atom. The van der Waals surface area contributed by atoms with Crippen LogP contribution in [0.1, 0.15) is 51.3 Å². The molecule has 0 aromatic heterocycles. The fourth-order valence-corrected chi connectivity index (χ4v) is 4.18. The lowest BCUT2D eigenvalue weighted by molar-refractivity contribution is -0.139. The second-order valence-electron chi connectivity index (χ2n) is 9.84. The van der Waals surface area contributed by atoms with Crippen LogP contribution in [0.4, 0.5) is 4.39 Å². The molecule has 31 heavy (non-hydrogen) atoms. The molecule has 2 aromatic carbocycles. The Labute approximate surface area is 186 Å². The van der Waals surface area contributed by atoms with Crippen LogP contribution in [0, 0.1) is 12.7 Å². The Morgan fingerprint density at radius 3 is 2.39 bits per heavy atom. The van der Waals surface area contributed by atoms with Gasteiger partial charge in [-0.15, -0.1) is 0 Å². The Morgan fingerprint density at radius 1 is 1.06 bits per heavy atom. The number of benzene rings is 2. The van der Waals surface area contributed by atoms with E-state index in [2.05, 4.69) is 51.7 Å². The fourth-order valence-electron chi connectivity index (χ4n) is 4.18. The molecule has 5 heteroatoms. The van der Waals surface area contributed by atoms with Crippen LogP contribution in [0.15, 0.2) is 42.5 Å². The van der Waals surface area contributed by atoms with E-state index < -0.39 is 0 Å². The largest absolute Gasteiger partial charge is 0.483 e. The first-order chi connectivity index (χ1) is 14.5. The zero-order valence-corrected chi connectivity index (χ0v) is 19.6. The zero-order valence-electron chi connectivity index (χ0n) is 19.6. The summed E-state index contributed by atoms with van der Waals surface area (Å²) in [6, 6.07) is 13.1. The maximum atomic E-state index is 13.2. The molecule has 0 saturated carbocycles. The quantitative estimate of drug-likeness (QED) is 0.680. The summed E-state index contributed by atoms with van der Waals surface area (Å²) >= 11 is 0. The van der Waals surface area contributed by atoms with Crippen LogP contribution in [0.5, 0.6) is 5.75 Å². The molecular formula is C26H35FN2O2. The molecule has 1 fully saturated rings. The standard InChI is InChI=1S/C26H35FN2O2/c1-18-7-12-23(26(4,5)6)24(13-18)31-17-25(30)29-15-19(2)28(14-20(29)3)16-21-8-10-22(27)11-9-21/h7-13,19-20H,14-17H2,1-6H3/t19-,20+/m1/s1. The molecule has 1 saturated heterocycles. The van der Waals surface area contributed by atoms with E-state index in [0.29, 0.717) is 6.54 Å². The summed E-state index contributed by atoms with van der Waals surface area (Å²) in [5.74, 6) is 0.586. The van der Waals surface area contributed by atoms with Gasteiger partial charge < -0.3 is 9.64 Å². The van der Waals surface area contributed by atoms with E-state index >= 15 is 0 Å². The molecule has 168 valence electrons. The number of halogens is 1. The highest BCUT2D eigenvalue weighted by atomic mass is 19.1. The Hall–Kier alpha value is -2.40. The van der Waals surface area contributed by atoms with Gasteiger partial charge in [0.1, 0.15) is 11.6 Å². The van der Waals surface area contributed by atoms with Crippen LogP contribution in [0.25, 0.3) is 0 Å². The molecule has 2 atom stereocenters. The van der Waals surface area contributed by atoms with Crippen LogP contribution in [-0.4, -0.2) is 47.5 Å². The van der Waals surface area contributed by atoms with Gasteiger partial charge in [0.25, 0.3) is 5.91 Å². The van der Waals surface area contributed by atoms with E-state index in [1.54, 1.807) is 0 Å². The number of aryl methyl sites for hydroxylation is 1. The highest BCUT2D eigenvalue weighted by Crippen LogP contribution is 2.32. The van der Waals surface area contributed by atoms with Crippen molar-refractivity contribution in [2.45, 2.75) is 65.6 Å². The third kappa shape index (κ3) is 5.85. The Balaban J connectivity index is 1.62. The van der Waals surface area contributed by atoms with Gasteiger partial charge in [0.2, 0.25) is 0 Å². The zero-order chi connectivity index (χ0) is 22.8. The highest BCUT2D eigenvalue weighted by molar-refractivity contribution is 5.78. The minimum absolute atomic E-state index is 0.0159. The van der Waals surface area contributed by atoms with Crippen molar-refractivity contribution < 1.29 is 13.9 Å². The number of amides is 1. The van der Waals surface area contributed by atoms with E-state index in [0.717, 1.165) is 35.5 Å². The molecule has 0 spiro atoms. The number of piperazine rings is 1. The molecule has 1 aliphatic heterocycles.